The van der Waals surface area contributed by atoms with Crippen LogP contribution in [0.1, 0.15) is 85.5 Å². The largest absolute Gasteiger partial charge is 0.466 e. The summed E-state index contributed by atoms with van der Waals surface area (Å²) in [6.45, 7) is 26.2. The number of unbranched alkanes of at least 4 members (excludes halogenated alkanes) is 2. The first kappa shape index (κ1) is 47.3. The van der Waals surface area contributed by atoms with Gasteiger partial charge in [-0.15, -0.1) is 0 Å². The number of nitriles is 2. The fraction of sp³-hybridized carbons (Fsp3) is 0.882. The van der Waals surface area contributed by atoms with Crippen LogP contribution in [0.5, 0.6) is 0 Å². The minimum absolute atomic E-state index is 0.0197. The normalized spacial score (nSPS) is 15.2. The summed E-state index contributed by atoms with van der Waals surface area (Å²) in [5.41, 5.74) is -2.66. The summed E-state index contributed by atoms with van der Waals surface area (Å²) in [5.74, 6) is -0.883. The minimum atomic E-state index is -2.20. The molecule has 2 unspecified atom stereocenters. The van der Waals surface area contributed by atoms with Crippen molar-refractivity contribution in [1.29, 1.82) is 10.5 Å². The van der Waals surface area contributed by atoms with Gasteiger partial charge in [-0.1, -0.05) is 39.5 Å². The van der Waals surface area contributed by atoms with Gasteiger partial charge in [-0.05, 0) is 104 Å². The average molecular weight is 757 g/mol. The molecule has 0 aliphatic rings. The number of esters is 2. The number of ether oxygens (including phenoxy) is 3. The molecule has 0 bridgehead atoms. The van der Waals surface area contributed by atoms with Gasteiger partial charge >= 0.3 is 11.9 Å². The Hall–Kier alpha value is -1.73. The molecule has 2 atom stereocenters. The topological polar surface area (TPSA) is 153 Å². The summed E-state index contributed by atoms with van der Waals surface area (Å²) in [6.07, 6.45) is 5.94. The van der Waals surface area contributed by atoms with Gasteiger partial charge < -0.3 is 22.4 Å². The Morgan fingerprint density at radius 1 is 0.612 bits per heavy atom. The van der Waals surface area contributed by atoms with Crippen molar-refractivity contribution in [2.45, 2.75) is 167 Å². The maximum atomic E-state index is 12.6. The second-order valence-electron chi connectivity index (χ2n) is 16.0. The highest BCUT2D eigenvalue weighted by atomic mass is 28.4. The van der Waals surface area contributed by atoms with Crippen molar-refractivity contribution in [3.63, 3.8) is 0 Å². The van der Waals surface area contributed by atoms with E-state index in [1.807, 2.05) is 0 Å². The molecular weight excluding hydrogens is 689 g/mol. The van der Waals surface area contributed by atoms with Crippen molar-refractivity contribution in [2.24, 2.45) is 10.2 Å². The zero-order valence-electron chi connectivity index (χ0n) is 33.0. The molecule has 0 aromatic carbocycles. The molecule has 0 aliphatic heterocycles. The fourth-order valence-corrected chi connectivity index (χ4v) is 22.7. The van der Waals surface area contributed by atoms with Gasteiger partial charge in [0.1, 0.15) is 12.8 Å². The molecule has 0 heterocycles. The number of carbonyl (C=O) groups is 2. The van der Waals surface area contributed by atoms with Gasteiger partial charge in [0.05, 0.1) is 18.7 Å². The van der Waals surface area contributed by atoms with Crippen LogP contribution >= 0.6 is 0 Å². The fourth-order valence-electron chi connectivity index (χ4n) is 5.37. The van der Waals surface area contributed by atoms with E-state index in [1.54, 1.807) is 13.8 Å². The van der Waals surface area contributed by atoms with Gasteiger partial charge in [0.2, 0.25) is 8.32 Å². The van der Waals surface area contributed by atoms with E-state index in [0.717, 1.165) is 31.4 Å². The Kier molecular flexibility index (Phi) is 21.5. The minimum Gasteiger partial charge on any atom is -0.466 e. The summed E-state index contributed by atoms with van der Waals surface area (Å²) in [5, 5.41) is 27.9. The molecule has 0 spiro atoms. The van der Waals surface area contributed by atoms with E-state index in [-0.39, 0.29) is 38.5 Å². The number of hydrogen-bond donors (Lipinski definition) is 0. The first-order valence-electron chi connectivity index (χ1n) is 18.1. The average Bonchev–Trinajstić information content (AvgIpc) is 3.01. The first-order valence-corrected chi connectivity index (χ1v) is 30.6. The molecule has 0 aromatic rings. The Morgan fingerprint density at radius 2 is 1.02 bits per heavy atom. The maximum absolute atomic E-state index is 12.6. The lowest BCUT2D eigenvalue weighted by Gasteiger charge is -2.34. The van der Waals surface area contributed by atoms with E-state index in [0.29, 0.717) is 13.2 Å². The molecule has 11 nitrogen and oxygen atoms in total. The third-order valence-corrected chi connectivity index (χ3v) is 22.5. The van der Waals surface area contributed by atoms with Crippen molar-refractivity contribution in [2.75, 3.05) is 26.1 Å². The van der Waals surface area contributed by atoms with Gasteiger partial charge in [-0.2, -0.15) is 20.8 Å². The molecule has 0 radical (unpaired) electrons. The molecule has 0 fully saturated rings. The number of rotatable bonds is 27. The van der Waals surface area contributed by atoms with E-state index < -0.39 is 56.3 Å². The van der Waals surface area contributed by atoms with E-state index in [4.69, 9.17) is 22.4 Å². The Balaban J connectivity index is 4.63. The first-order chi connectivity index (χ1) is 22.6. The predicted octanol–water partition coefficient (Wildman–Crippen LogP) is 9.05. The molecule has 0 aliphatic carbocycles. The molecule has 49 heavy (non-hydrogen) atoms. The SMILES string of the molecule is CCCC[Si](C)(C)O[Si](C)(C)CCCOCCOC(=O)CCC(C)(C#N)N=NC(C)(C#N)CCC(=O)OC[Si](C)(C)O[Si](C)(C)CCCC. The van der Waals surface area contributed by atoms with E-state index in [2.05, 4.69) is 88.6 Å². The second-order valence-corrected chi connectivity index (χ2v) is 33.5. The quantitative estimate of drug-likeness (QED) is 0.0346. The van der Waals surface area contributed by atoms with Crippen LogP contribution in [0.4, 0.5) is 0 Å². The van der Waals surface area contributed by atoms with E-state index in [1.165, 1.54) is 18.9 Å². The summed E-state index contributed by atoms with van der Waals surface area (Å²) >= 11 is 0. The van der Waals surface area contributed by atoms with Gasteiger partial charge in [-0.25, -0.2) is 0 Å². The maximum Gasteiger partial charge on any atom is 0.305 e. The smallest absolute Gasteiger partial charge is 0.305 e. The van der Waals surface area contributed by atoms with Crippen LogP contribution in [0.3, 0.4) is 0 Å². The van der Waals surface area contributed by atoms with Crippen LogP contribution in [0.2, 0.25) is 70.5 Å². The van der Waals surface area contributed by atoms with Crippen LogP contribution in [0.25, 0.3) is 0 Å². The highest BCUT2D eigenvalue weighted by Gasteiger charge is 2.35. The molecule has 0 N–H and O–H groups in total. The predicted molar refractivity (Wildman–Crippen MR) is 205 cm³/mol. The molecule has 15 heteroatoms. The highest BCUT2D eigenvalue weighted by Crippen LogP contribution is 2.26. The van der Waals surface area contributed by atoms with Gasteiger partial charge in [0.25, 0.3) is 0 Å². The standard InChI is InChI=1S/C34H68N4O7Si4/c1-13-15-25-46(5,6)44-48(9,10)27-17-22-41-23-24-42-31(39)18-20-33(3,28-35)37-38-34(4,29-36)21-19-32(40)43-30-49(11,12)45-47(7,8)26-16-14-2/h13-27,30H2,1-12H3. The van der Waals surface area contributed by atoms with Crippen LogP contribution < -0.4 is 0 Å². The van der Waals surface area contributed by atoms with Crippen LogP contribution in [-0.4, -0.2) is 82.3 Å². The molecular formula is C34H68N4O7Si4. The lowest BCUT2D eigenvalue weighted by molar-refractivity contribution is -0.145. The number of hydrogen-bond acceptors (Lipinski definition) is 11. The van der Waals surface area contributed by atoms with Crippen molar-refractivity contribution < 1.29 is 32.0 Å². The van der Waals surface area contributed by atoms with Gasteiger partial charge in [0, 0.05) is 19.4 Å². The monoisotopic (exact) mass is 756 g/mol. The van der Waals surface area contributed by atoms with Crippen molar-refractivity contribution in [1.82, 2.24) is 0 Å². The highest BCUT2D eigenvalue weighted by molar-refractivity contribution is 6.85. The third-order valence-electron chi connectivity index (χ3n) is 8.11. The molecule has 0 amide bonds. The lowest BCUT2D eigenvalue weighted by Crippen LogP contribution is -2.48. The Bertz CT molecular complexity index is 1120. The summed E-state index contributed by atoms with van der Waals surface area (Å²) in [6, 6.07) is 7.48. The Labute approximate surface area is 302 Å². The summed E-state index contributed by atoms with van der Waals surface area (Å²) in [7, 11) is -7.39. The molecule has 282 valence electrons. The van der Waals surface area contributed by atoms with Crippen molar-refractivity contribution in [3.8, 4) is 12.1 Å². The second kappa shape index (κ2) is 22.3. The lowest BCUT2D eigenvalue weighted by atomic mass is 9.97. The number of azo groups is 1. The van der Waals surface area contributed by atoms with E-state index >= 15 is 0 Å². The van der Waals surface area contributed by atoms with Crippen LogP contribution in [-0.2, 0) is 32.0 Å². The zero-order chi connectivity index (χ0) is 37.8. The van der Waals surface area contributed by atoms with E-state index in [9.17, 15) is 20.1 Å². The molecule has 0 saturated heterocycles. The van der Waals surface area contributed by atoms with Gasteiger partial charge in [0.15, 0.2) is 36.0 Å². The molecule has 0 rings (SSSR count). The number of carbonyl (C=O) groups excluding carboxylic acids is 2. The third kappa shape index (κ3) is 23.4. The van der Waals surface area contributed by atoms with Crippen molar-refractivity contribution in [3.05, 3.63) is 0 Å². The Morgan fingerprint density at radius 3 is 1.45 bits per heavy atom. The van der Waals surface area contributed by atoms with Gasteiger partial charge in [-0.3, -0.25) is 9.59 Å². The summed E-state index contributed by atoms with van der Waals surface area (Å²) < 4.78 is 29.6. The molecule has 0 saturated carbocycles. The van der Waals surface area contributed by atoms with Crippen LogP contribution in [0, 0.1) is 22.7 Å². The molecule has 0 aromatic heterocycles. The zero-order valence-corrected chi connectivity index (χ0v) is 37.0. The number of nitrogens with zero attached hydrogens (tertiary/aromatic N) is 4. The van der Waals surface area contributed by atoms with Crippen LogP contribution in [0.15, 0.2) is 10.2 Å². The summed E-state index contributed by atoms with van der Waals surface area (Å²) in [4.78, 5) is 24.9. The van der Waals surface area contributed by atoms with Crippen molar-refractivity contribution >= 4 is 45.2 Å².